The van der Waals surface area contributed by atoms with Crippen LogP contribution in [0, 0.1) is 6.92 Å². The molecule has 116 valence electrons. The highest BCUT2D eigenvalue weighted by atomic mass is 16.7. The van der Waals surface area contributed by atoms with Gasteiger partial charge in [0, 0.05) is 5.56 Å². The summed E-state index contributed by atoms with van der Waals surface area (Å²) in [5, 5.41) is 15.7. The molecular weight excluding hydrogens is 292 g/mol. The van der Waals surface area contributed by atoms with Gasteiger partial charge in [0.2, 0.25) is 0 Å². The van der Waals surface area contributed by atoms with Crippen LogP contribution in [0.3, 0.4) is 0 Å². The molecule has 1 aliphatic heterocycles. The molecule has 6 heteroatoms. The molecule has 0 unspecified atom stereocenters. The normalized spacial score (nSPS) is 16.3. The van der Waals surface area contributed by atoms with Crippen LogP contribution >= 0.6 is 0 Å². The largest absolute Gasteiger partial charge is 0.844 e. The Hall–Kier alpha value is -3.02. The Morgan fingerprint density at radius 1 is 1.17 bits per heavy atom. The molecule has 3 rings (SSSR count). The van der Waals surface area contributed by atoms with Crippen molar-refractivity contribution in [1.82, 2.24) is 0 Å². The van der Waals surface area contributed by atoms with Crippen molar-refractivity contribution in [2.45, 2.75) is 13.5 Å². The summed E-state index contributed by atoms with van der Waals surface area (Å²) in [6.45, 7) is 2.99. The van der Waals surface area contributed by atoms with Crippen LogP contribution in [0.15, 0.2) is 69.9 Å². The SMILES string of the molecule is Cc1ccc(C[N+]2=NO/C(=N/C([O-])=Nc3ccccc3)C2)cc1. The van der Waals surface area contributed by atoms with Crippen LogP contribution in [-0.2, 0) is 11.4 Å². The maximum Gasteiger partial charge on any atom is 0.299 e. The van der Waals surface area contributed by atoms with Crippen LogP contribution < -0.4 is 5.11 Å². The zero-order valence-corrected chi connectivity index (χ0v) is 12.7. The lowest BCUT2D eigenvalue weighted by Gasteiger charge is -2.03. The third-order valence-electron chi connectivity index (χ3n) is 3.27. The highest BCUT2D eigenvalue weighted by Crippen LogP contribution is 2.10. The average molecular weight is 308 g/mol. The first kappa shape index (κ1) is 14.9. The summed E-state index contributed by atoms with van der Waals surface area (Å²) >= 11 is 0. The number of hydrogen-bond donors (Lipinski definition) is 0. The average Bonchev–Trinajstić information content (AvgIpc) is 2.97. The first-order valence-electron chi connectivity index (χ1n) is 7.26. The monoisotopic (exact) mass is 308 g/mol. The molecule has 1 aliphatic rings. The number of nitrogens with zero attached hydrogens (tertiary/aromatic N) is 4. The maximum atomic E-state index is 11.8. The number of amidine groups is 1. The number of rotatable bonds is 3. The van der Waals surface area contributed by atoms with E-state index in [0.29, 0.717) is 18.8 Å². The number of benzene rings is 2. The van der Waals surface area contributed by atoms with Crippen LogP contribution in [0.1, 0.15) is 11.1 Å². The molecule has 6 nitrogen and oxygen atoms in total. The third-order valence-corrected chi connectivity index (χ3v) is 3.27. The standard InChI is InChI=1S/C17H16N4O2/c1-13-7-9-14(10-8-13)11-21-12-16(23-20-21)19-17(22)18-15-5-3-2-4-6-15/h2-10H,11-12H2,1H3/b19-16+. The molecule has 0 saturated heterocycles. The molecule has 0 N–H and O–H groups in total. The highest BCUT2D eigenvalue weighted by Gasteiger charge is 2.23. The molecule has 2 aromatic rings. The Morgan fingerprint density at radius 3 is 2.65 bits per heavy atom. The minimum atomic E-state index is -0.599. The second-order valence-corrected chi connectivity index (χ2v) is 5.22. The predicted octanol–water partition coefficient (Wildman–Crippen LogP) is 2.35. The molecule has 0 saturated carbocycles. The van der Waals surface area contributed by atoms with E-state index in [4.69, 9.17) is 4.84 Å². The third kappa shape index (κ3) is 4.23. The molecule has 0 radical (unpaired) electrons. The van der Waals surface area contributed by atoms with Gasteiger partial charge in [-0.3, -0.25) is 4.84 Å². The van der Waals surface area contributed by atoms with Crippen molar-refractivity contribution in [3.8, 4) is 0 Å². The number of aryl methyl sites for hydroxylation is 1. The molecule has 0 spiro atoms. The van der Waals surface area contributed by atoms with Gasteiger partial charge in [0.25, 0.3) is 12.4 Å². The van der Waals surface area contributed by atoms with Crippen LogP contribution in [0.4, 0.5) is 5.69 Å². The van der Waals surface area contributed by atoms with Crippen LogP contribution in [0.5, 0.6) is 0 Å². The van der Waals surface area contributed by atoms with Gasteiger partial charge in [-0.1, -0.05) is 52.7 Å². The van der Waals surface area contributed by atoms with Gasteiger partial charge in [-0.2, -0.15) is 0 Å². The Morgan fingerprint density at radius 2 is 1.91 bits per heavy atom. The molecular formula is C17H16N4O2. The van der Waals surface area contributed by atoms with E-state index in [1.54, 1.807) is 16.8 Å². The summed E-state index contributed by atoms with van der Waals surface area (Å²) < 4.78 is 1.71. The van der Waals surface area contributed by atoms with E-state index < -0.39 is 6.02 Å². The number of para-hydroxylation sites is 1. The van der Waals surface area contributed by atoms with Crippen molar-refractivity contribution in [2.75, 3.05) is 6.54 Å². The summed E-state index contributed by atoms with van der Waals surface area (Å²) in [4.78, 5) is 12.8. The Bertz CT molecular complexity index is 765. The minimum Gasteiger partial charge on any atom is -0.844 e. The van der Waals surface area contributed by atoms with Gasteiger partial charge < -0.3 is 5.11 Å². The molecule has 0 atom stereocenters. The van der Waals surface area contributed by atoms with E-state index >= 15 is 0 Å². The van der Waals surface area contributed by atoms with Crippen molar-refractivity contribution in [1.29, 1.82) is 0 Å². The van der Waals surface area contributed by atoms with Crippen molar-refractivity contribution in [3.63, 3.8) is 0 Å². The van der Waals surface area contributed by atoms with Crippen LogP contribution in [0.25, 0.3) is 0 Å². The van der Waals surface area contributed by atoms with Crippen molar-refractivity contribution < 1.29 is 14.6 Å². The number of aliphatic imine (C=N–C) groups is 2. The van der Waals surface area contributed by atoms with Gasteiger partial charge in [-0.25, -0.2) is 9.98 Å². The van der Waals surface area contributed by atoms with Crippen molar-refractivity contribution in [3.05, 3.63) is 65.7 Å². The van der Waals surface area contributed by atoms with Crippen molar-refractivity contribution in [2.24, 2.45) is 15.3 Å². The van der Waals surface area contributed by atoms with Gasteiger partial charge in [0.1, 0.15) is 0 Å². The van der Waals surface area contributed by atoms with E-state index in [1.165, 1.54) is 5.56 Å². The molecule has 0 aromatic heterocycles. The molecule has 1 heterocycles. The fourth-order valence-corrected chi connectivity index (χ4v) is 2.11. The van der Waals surface area contributed by atoms with Gasteiger partial charge in [0.15, 0.2) is 11.8 Å². The van der Waals surface area contributed by atoms with E-state index in [-0.39, 0.29) is 5.90 Å². The van der Waals surface area contributed by atoms with E-state index in [0.717, 1.165) is 5.56 Å². The minimum absolute atomic E-state index is 0.252. The molecule has 0 amide bonds. The summed E-state index contributed by atoms with van der Waals surface area (Å²) in [5.41, 5.74) is 2.89. The fourth-order valence-electron chi connectivity index (χ4n) is 2.11. The first-order chi connectivity index (χ1) is 11.2. The summed E-state index contributed by atoms with van der Waals surface area (Å²) in [5.74, 6) is 0.252. The fraction of sp³-hybridized carbons (Fsp3) is 0.176. The maximum absolute atomic E-state index is 11.8. The predicted molar refractivity (Wildman–Crippen MR) is 84.5 cm³/mol. The second-order valence-electron chi connectivity index (χ2n) is 5.22. The van der Waals surface area contributed by atoms with Gasteiger partial charge in [0.05, 0.1) is 11.7 Å². The Kier molecular flexibility index (Phi) is 4.42. The zero-order valence-electron chi connectivity index (χ0n) is 12.7. The smallest absolute Gasteiger partial charge is 0.299 e. The van der Waals surface area contributed by atoms with Gasteiger partial charge >= 0.3 is 0 Å². The van der Waals surface area contributed by atoms with Crippen LogP contribution in [-0.4, -0.2) is 23.2 Å². The molecule has 2 aromatic carbocycles. The lowest BCUT2D eigenvalue weighted by molar-refractivity contribution is -0.600. The summed E-state index contributed by atoms with van der Waals surface area (Å²) in [7, 11) is 0. The molecule has 0 fully saturated rings. The molecule has 0 bridgehead atoms. The molecule has 0 aliphatic carbocycles. The lowest BCUT2D eigenvalue weighted by atomic mass is 10.1. The number of hydrogen-bond acceptors (Lipinski definition) is 4. The van der Waals surface area contributed by atoms with Crippen LogP contribution in [0.2, 0.25) is 0 Å². The summed E-state index contributed by atoms with van der Waals surface area (Å²) in [6.07, 6.45) is 0. The van der Waals surface area contributed by atoms with E-state index in [9.17, 15) is 5.11 Å². The Balaban J connectivity index is 1.62. The first-order valence-corrected chi connectivity index (χ1v) is 7.26. The quantitative estimate of drug-likeness (QED) is 0.496. The van der Waals surface area contributed by atoms with E-state index in [2.05, 4.69) is 15.3 Å². The topological polar surface area (TPSA) is 72.4 Å². The van der Waals surface area contributed by atoms with Gasteiger partial charge in [-0.15, -0.1) is 0 Å². The highest BCUT2D eigenvalue weighted by molar-refractivity contribution is 5.90. The van der Waals surface area contributed by atoms with Crippen molar-refractivity contribution >= 4 is 17.6 Å². The zero-order chi connectivity index (χ0) is 16.1. The molecule has 23 heavy (non-hydrogen) atoms. The summed E-state index contributed by atoms with van der Waals surface area (Å²) in [6, 6.07) is 16.5. The Labute approximate surface area is 134 Å². The van der Waals surface area contributed by atoms with Gasteiger partial charge in [-0.05, 0) is 19.1 Å². The lowest BCUT2D eigenvalue weighted by Crippen LogP contribution is -2.19. The second kappa shape index (κ2) is 6.83. The van der Waals surface area contributed by atoms with E-state index in [1.807, 2.05) is 49.4 Å².